The number of hydrogen-bond acceptors (Lipinski definition) is 3. The maximum absolute atomic E-state index is 5.96. The van der Waals surface area contributed by atoms with Gasteiger partial charge in [-0.3, -0.25) is 0 Å². The second kappa shape index (κ2) is 3.75. The van der Waals surface area contributed by atoms with Crippen molar-refractivity contribution in [3.8, 4) is 11.3 Å². The van der Waals surface area contributed by atoms with Crippen molar-refractivity contribution in [3.63, 3.8) is 0 Å². The minimum atomic E-state index is 0.598. The highest BCUT2D eigenvalue weighted by atomic mass is 35.5. The average Bonchev–Trinajstić information content (AvgIpc) is 2.81. The molecule has 0 bridgehead atoms. The fourth-order valence-electron chi connectivity index (χ4n) is 1.96. The molecule has 3 nitrogen and oxygen atoms in total. The number of thiazole rings is 1. The molecule has 0 amide bonds. The zero-order valence-corrected chi connectivity index (χ0v) is 10.7. The molecular weight excluding hydrogens is 254 g/mol. The van der Waals surface area contributed by atoms with Gasteiger partial charge >= 0.3 is 0 Å². The quantitative estimate of drug-likeness (QED) is 0.701. The first-order valence-corrected chi connectivity index (χ1v) is 6.34. The molecular formula is C12H10ClN3S. The van der Waals surface area contributed by atoms with E-state index in [9.17, 15) is 0 Å². The van der Waals surface area contributed by atoms with Crippen molar-refractivity contribution in [1.29, 1.82) is 0 Å². The summed E-state index contributed by atoms with van der Waals surface area (Å²) in [4.78, 5) is 8.70. The molecule has 0 aliphatic carbocycles. The fourth-order valence-corrected chi connectivity index (χ4v) is 2.84. The second-order valence-electron chi connectivity index (χ2n) is 3.85. The molecule has 3 aromatic rings. The normalized spacial score (nSPS) is 11.2. The Balaban J connectivity index is 2.28. The molecule has 0 fully saturated rings. The number of nitrogens with two attached hydrogens (primary N) is 1. The van der Waals surface area contributed by atoms with Crippen LogP contribution < -0.4 is 5.73 Å². The predicted octanol–water partition coefficient (Wildman–Crippen LogP) is 3.84. The maximum Gasteiger partial charge on any atom is 0.180 e. The summed E-state index contributed by atoms with van der Waals surface area (Å²) >= 11 is 7.46. The van der Waals surface area contributed by atoms with E-state index >= 15 is 0 Å². The van der Waals surface area contributed by atoms with Crippen LogP contribution in [0.1, 0.15) is 4.88 Å². The van der Waals surface area contributed by atoms with E-state index in [0.717, 1.165) is 32.1 Å². The topological polar surface area (TPSA) is 54.7 Å². The van der Waals surface area contributed by atoms with Gasteiger partial charge in [-0.05, 0) is 19.1 Å². The SMILES string of the molecule is Cc1sc(N)nc1-c1c[nH]c2cc(Cl)ccc12. The molecule has 86 valence electrons. The zero-order chi connectivity index (χ0) is 12.0. The van der Waals surface area contributed by atoms with Crippen LogP contribution in [0.4, 0.5) is 5.13 Å². The van der Waals surface area contributed by atoms with Crippen molar-refractivity contribution >= 4 is 39.0 Å². The van der Waals surface area contributed by atoms with Gasteiger partial charge in [-0.25, -0.2) is 4.98 Å². The van der Waals surface area contributed by atoms with Crippen molar-refractivity contribution in [2.75, 3.05) is 5.73 Å². The number of fused-ring (bicyclic) bond motifs is 1. The highest BCUT2D eigenvalue weighted by molar-refractivity contribution is 7.15. The number of nitrogens with zero attached hydrogens (tertiary/aromatic N) is 1. The van der Waals surface area contributed by atoms with Crippen molar-refractivity contribution in [2.45, 2.75) is 6.92 Å². The number of hydrogen-bond donors (Lipinski definition) is 2. The molecule has 1 aromatic carbocycles. The van der Waals surface area contributed by atoms with Crippen LogP contribution >= 0.6 is 22.9 Å². The van der Waals surface area contributed by atoms with E-state index in [0.29, 0.717) is 5.13 Å². The molecule has 0 spiro atoms. The summed E-state index contributed by atoms with van der Waals surface area (Å²) in [6.45, 7) is 2.03. The van der Waals surface area contributed by atoms with E-state index in [4.69, 9.17) is 17.3 Å². The van der Waals surface area contributed by atoms with Crippen LogP contribution in [0.5, 0.6) is 0 Å². The van der Waals surface area contributed by atoms with Gasteiger partial charge in [-0.2, -0.15) is 0 Å². The molecule has 2 aromatic heterocycles. The van der Waals surface area contributed by atoms with Gasteiger partial charge in [0.25, 0.3) is 0 Å². The number of aromatic nitrogens is 2. The lowest BCUT2D eigenvalue weighted by atomic mass is 10.1. The van der Waals surface area contributed by atoms with Gasteiger partial charge in [-0.1, -0.05) is 17.7 Å². The van der Waals surface area contributed by atoms with Crippen LogP contribution in [-0.2, 0) is 0 Å². The van der Waals surface area contributed by atoms with Gasteiger partial charge in [0, 0.05) is 32.6 Å². The molecule has 0 unspecified atom stereocenters. The third-order valence-corrected chi connectivity index (χ3v) is 3.75. The highest BCUT2D eigenvalue weighted by Gasteiger charge is 2.12. The number of halogens is 1. The van der Waals surface area contributed by atoms with E-state index in [1.807, 2.05) is 31.3 Å². The summed E-state index contributed by atoms with van der Waals surface area (Å²) < 4.78 is 0. The summed E-state index contributed by atoms with van der Waals surface area (Å²) in [6, 6.07) is 5.79. The van der Waals surface area contributed by atoms with E-state index in [2.05, 4.69) is 9.97 Å². The Labute approximate surface area is 107 Å². The first-order valence-electron chi connectivity index (χ1n) is 5.15. The van der Waals surface area contributed by atoms with Crippen LogP contribution in [0, 0.1) is 6.92 Å². The molecule has 0 saturated carbocycles. The third-order valence-electron chi connectivity index (χ3n) is 2.71. The van der Waals surface area contributed by atoms with Crippen molar-refractivity contribution < 1.29 is 0 Å². The number of aromatic amines is 1. The Morgan fingerprint density at radius 1 is 1.41 bits per heavy atom. The molecule has 3 rings (SSSR count). The van der Waals surface area contributed by atoms with Crippen molar-refractivity contribution in [2.24, 2.45) is 0 Å². The third kappa shape index (κ3) is 1.69. The molecule has 0 aliphatic heterocycles. The van der Waals surface area contributed by atoms with Gasteiger partial charge in [-0.15, -0.1) is 11.3 Å². The van der Waals surface area contributed by atoms with Crippen molar-refractivity contribution in [1.82, 2.24) is 9.97 Å². The standard InChI is InChI=1S/C12H10ClN3S/c1-6-11(16-12(14)17-6)9-5-15-10-4-7(13)2-3-8(9)10/h2-5,15H,1H3,(H2,14,16). The van der Waals surface area contributed by atoms with Gasteiger partial charge in [0.05, 0.1) is 5.69 Å². The highest BCUT2D eigenvalue weighted by Crippen LogP contribution is 2.34. The Morgan fingerprint density at radius 2 is 2.24 bits per heavy atom. The lowest BCUT2D eigenvalue weighted by Crippen LogP contribution is -1.82. The van der Waals surface area contributed by atoms with E-state index in [1.165, 1.54) is 11.3 Å². The number of nitrogens with one attached hydrogen (secondary N) is 1. The van der Waals surface area contributed by atoms with Crippen molar-refractivity contribution in [3.05, 3.63) is 34.3 Å². The van der Waals surface area contributed by atoms with E-state index in [-0.39, 0.29) is 0 Å². The minimum Gasteiger partial charge on any atom is -0.375 e. The Morgan fingerprint density at radius 3 is 2.94 bits per heavy atom. The number of aryl methyl sites for hydroxylation is 1. The Bertz CT molecular complexity index is 699. The maximum atomic E-state index is 5.96. The smallest absolute Gasteiger partial charge is 0.180 e. The van der Waals surface area contributed by atoms with Crippen LogP contribution in [0.25, 0.3) is 22.2 Å². The first kappa shape index (κ1) is 10.6. The van der Waals surface area contributed by atoms with Crippen LogP contribution in [0.15, 0.2) is 24.4 Å². The predicted molar refractivity (Wildman–Crippen MR) is 73.6 cm³/mol. The van der Waals surface area contributed by atoms with Gasteiger partial charge in [0.1, 0.15) is 0 Å². The minimum absolute atomic E-state index is 0.598. The van der Waals surface area contributed by atoms with Gasteiger partial charge < -0.3 is 10.7 Å². The summed E-state index contributed by atoms with van der Waals surface area (Å²) in [7, 11) is 0. The molecule has 0 saturated heterocycles. The lowest BCUT2D eigenvalue weighted by molar-refractivity contribution is 1.38. The Kier molecular flexibility index (Phi) is 2.34. The summed E-state index contributed by atoms with van der Waals surface area (Å²) in [5.74, 6) is 0. The first-order chi connectivity index (χ1) is 8.15. The van der Waals surface area contributed by atoms with E-state index in [1.54, 1.807) is 0 Å². The van der Waals surface area contributed by atoms with Crippen LogP contribution in [0.2, 0.25) is 5.02 Å². The van der Waals surface area contributed by atoms with E-state index < -0.39 is 0 Å². The molecule has 2 heterocycles. The largest absolute Gasteiger partial charge is 0.375 e. The molecule has 0 radical (unpaired) electrons. The van der Waals surface area contributed by atoms with Gasteiger partial charge in [0.2, 0.25) is 0 Å². The second-order valence-corrected chi connectivity index (χ2v) is 5.52. The summed E-state index contributed by atoms with van der Waals surface area (Å²) in [5, 5.41) is 2.43. The van der Waals surface area contributed by atoms with Crippen LogP contribution in [-0.4, -0.2) is 9.97 Å². The monoisotopic (exact) mass is 263 g/mol. The molecule has 5 heteroatoms. The number of H-pyrrole nitrogens is 1. The molecule has 0 atom stereocenters. The number of rotatable bonds is 1. The van der Waals surface area contributed by atoms with Gasteiger partial charge in [0.15, 0.2) is 5.13 Å². The number of anilines is 1. The molecule has 3 N–H and O–H groups in total. The number of benzene rings is 1. The zero-order valence-electron chi connectivity index (χ0n) is 9.12. The summed E-state index contributed by atoms with van der Waals surface area (Å²) in [5.41, 5.74) is 8.76. The molecule has 17 heavy (non-hydrogen) atoms. The number of nitrogen functional groups attached to an aromatic ring is 1. The lowest BCUT2D eigenvalue weighted by Gasteiger charge is -1.96. The molecule has 0 aliphatic rings. The Hall–Kier alpha value is -1.52. The fraction of sp³-hybridized carbons (Fsp3) is 0.0833. The summed E-state index contributed by atoms with van der Waals surface area (Å²) in [6.07, 6.45) is 1.95. The average molecular weight is 264 g/mol. The van der Waals surface area contributed by atoms with Crippen LogP contribution in [0.3, 0.4) is 0 Å².